The first kappa shape index (κ1) is 19.7. The lowest BCUT2D eigenvalue weighted by Gasteiger charge is -2.19. The highest BCUT2D eigenvalue weighted by atomic mass is 16.5. The fourth-order valence-electron chi connectivity index (χ4n) is 2.86. The fraction of sp³-hybridized carbons (Fsp3) is 0.364. The lowest BCUT2D eigenvalue weighted by atomic mass is 9.83. The maximum atomic E-state index is 12.9. The number of rotatable bonds is 7. The lowest BCUT2D eigenvalue weighted by Crippen LogP contribution is -2.26. The Bertz CT molecular complexity index is 823. The third-order valence-electron chi connectivity index (χ3n) is 5.04. The van der Waals surface area contributed by atoms with Crippen molar-refractivity contribution in [2.24, 2.45) is 11.8 Å². The molecule has 0 N–H and O–H groups in total. The summed E-state index contributed by atoms with van der Waals surface area (Å²) in [5.74, 6) is 0.0969. The van der Waals surface area contributed by atoms with E-state index in [1.807, 2.05) is 32.0 Å². The van der Waals surface area contributed by atoms with Crippen molar-refractivity contribution in [2.45, 2.75) is 27.7 Å². The van der Waals surface area contributed by atoms with Crippen LogP contribution in [0.2, 0.25) is 0 Å². The van der Waals surface area contributed by atoms with Gasteiger partial charge in [0.2, 0.25) is 0 Å². The van der Waals surface area contributed by atoms with Gasteiger partial charge in [-0.2, -0.15) is 0 Å². The summed E-state index contributed by atoms with van der Waals surface area (Å²) in [6.07, 6.45) is 0. The Hall–Kier alpha value is -2.62. The van der Waals surface area contributed by atoms with E-state index >= 15 is 0 Å². The van der Waals surface area contributed by atoms with Crippen LogP contribution in [-0.2, 0) is 0 Å². The van der Waals surface area contributed by atoms with Crippen LogP contribution in [0.5, 0.6) is 11.5 Å². The van der Waals surface area contributed by atoms with E-state index in [4.69, 9.17) is 9.47 Å². The molecule has 0 radical (unpaired) electrons. The van der Waals surface area contributed by atoms with Gasteiger partial charge in [-0.3, -0.25) is 9.59 Å². The highest BCUT2D eigenvalue weighted by Gasteiger charge is 2.28. The zero-order valence-corrected chi connectivity index (χ0v) is 16.3. The van der Waals surface area contributed by atoms with E-state index in [2.05, 4.69) is 0 Å². The first-order valence-corrected chi connectivity index (χ1v) is 8.67. The van der Waals surface area contributed by atoms with Gasteiger partial charge >= 0.3 is 0 Å². The smallest absolute Gasteiger partial charge is 0.166 e. The molecule has 4 heteroatoms. The van der Waals surface area contributed by atoms with Crippen LogP contribution in [0, 0.1) is 25.7 Å². The molecule has 0 aliphatic heterocycles. The molecule has 0 aliphatic carbocycles. The SMILES string of the molecule is COc1ccc(C(=O)C(C)C(C)C(=O)c2ccc(C)c(C)c2)cc1OC. The van der Waals surface area contributed by atoms with E-state index < -0.39 is 11.8 Å². The Morgan fingerprint density at radius 2 is 1.23 bits per heavy atom. The van der Waals surface area contributed by atoms with Crippen LogP contribution in [0.4, 0.5) is 0 Å². The second kappa shape index (κ2) is 8.17. The Balaban J connectivity index is 2.23. The Kier molecular flexibility index (Phi) is 6.19. The number of benzene rings is 2. The molecule has 2 rings (SSSR count). The maximum absolute atomic E-state index is 12.9. The molecule has 0 aliphatic rings. The minimum absolute atomic E-state index is 0.0190. The number of carbonyl (C=O) groups excluding carboxylic acids is 2. The first-order valence-electron chi connectivity index (χ1n) is 8.67. The van der Waals surface area contributed by atoms with Crippen LogP contribution in [-0.4, -0.2) is 25.8 Å². The summed E-state index contributed by atoms with van der Waals surface area (Å²) in [5, 5.41) is 0. The molecule has 4 nitrogen and oxygen atoms in total. The first-order chi connectivity index (χ1) is 12.3. The van der Waals surface area contributed by atoms with Gasteiger partial charge in [-0.15, -0.1) is 0 Å². The molecule has 0 amide bonds. The number of ketones is 2. The maximum Gasteiger partial charge on any atom is 0.166 e. The van der Waals surface area contributed by atoms with Crippen molar-refractivity contribution in [1.29, 1.82) is 0 Å². The van der Waals surface area contributed by atoms with Gasteiger partial charge in [0.25, 0.3) is 0 Å². The summed E-state index contributed by atoms with van der Waals surface area (Å²) >= 11 is 0. The number of methoxy groups -OCH3 is 2. The number of Topliss-reactive ketones (excluding diaryl/α,β-unsaturated/α-hetero) is 2. The molecule has 0 heterocycles. The largest absolute Gasteiger partial charge is 0.493 e. The van der Waals surface area contributed by atoms with Crippen molar-refractivity contribution in [3.63, 3.8) is 0 Å². The number of hydrogen-bond acceptors (Lipinski definition) is 4. The van der Waals surface area contributed by atoms with Gasteiger partial charge < -0.3 is 9.47 Å². The predicted molar refractivity (Wildman–Crippen MR) is 102 cm³/mol. The van der Waals surface area contributed by atoms with Crippen molar-refractivity contribution < 1.29 is 19.1 Å². The van der Waals surface area contributed by atoms with Gasteiger partial charge in [-0.1, -0.05) is 26.0 Å². The molecule has 0 spiro atoms. The van der Waals surface area contributed by atoms with Crippen molar-refractivity contribution in [3.05, 3.63) is 58.7 Å². The van der Waals surface area contributed by atoms with Crippen LogP contribution in [0.3, 0.4) is 0 Å². The average Bonchev–Trinajstić information content (AvgIpc) is 2.67. The van der Waals surface area contributed by atoms with Gasteiger partial charge in [0.1, 0.15) is 0 Å². The molecular formula is C22H26O4. The second-order valence-corrected chi connectivity index (χ2v) is 6.67. The van der Waals surface area contributed by atoms with E-state index in [-0.39, 0.29) is 11.6 Å². The number of aryl methyl sites for hydroxylation is 2. The summed E-state index contributed by atoms with van der Waals surface area (Å²) in [4.78, 5) is 25.7. The highest BCUT2D eigenvalue weighted by Crippen LogP contribution is 2.30. The summed E-state index contributed by atoms with van der Waals surface area (Å²) in [6.45, 7) is 7.59. The summed E-state index contributed by atoms with van der Waals surface area (Å²) in [5.41, 5.74) is 3.37. The van der Waals surface area contributed by atoms with E-state index in [0.717, 1.165) is 11.1 Å². The van der Waals surface area contributed by atoms with Gasteiger partial charge in [-0.25, -0.2) is 0 Å². The second-order valence-electron chi connectivity index (χ2n) is 6.67. The van der Waals surface area contributed by atoms with Gasteiger partial charge in [0.15, 0.2) is 23.1 Å². The van der Waals surface area contributed by atoms with Crippen LogP contribution in [0.15, 0.2) is 36.4 Å². The quantitative estimate of drug-likeness (QED) is 0.679. The van der Waals surface area contributed by atoms with Crippen molar-refractivity contribution in [1.82, 2.24) is 0 Å². The fourth-order valence-corrected chi connectivity index (χ4v) is 2.86. The Morgan fingerprint density at radius 1 is 0.731 bits per heavy atom. The van der Waals surface area contributed by atoms with Crippen molar-refractivity contribution in [3.8, 4) is 11.5 Å². The minimum atomic E-state index is -0.442. The third-order valence-corrected chi connectivity index (χ3v) is 5.04. The van der Waals surface area contributed by atoms with Gasteiger partial charge in [0, 0.05) is 23.0 Å². The molecule has 0 aromatic heterocycles. The normalized spacial score (nSPS) is 13.0. The molecule has 0 fully saturated rings. The zero-order chi connectivity index (χ0) is 19.4. The van der Waals surface area contributed by atoms with Crippen LogP contribution in [0.1, 0.15) is 45.7 Å². The zero-order valence-electron chi connectivity index (χ0n) is 16.3. The van der Waals surface area contributed by atoms with Crippen LogP contribution >= 0.6 is 0 Å². The molecule has 2 unspecified atom stereocenters. The van der Waals surface area contributed by atoms with Crippen molar-refractivity contribution >= 4 is 11.6 Å². The Labute approximate surface area is 155 Å². The van der Waals surface area contributed by atoms with Gasteiger partial charge in [0.05, 0.1) is 14.2 Å². The molecule has 2 aromatic rings. The molecule has 2 atom stereocenters. The van der Waals surface area contributed by atoms with E-state index in [1.54, 1.807) is 39.2 Å². The minimum Gasteiger partial charge on any atom is -0.493 e. The molecular weight excluding hydrogens is 328 g/mol. The molecule has 2 aromatic carbocycles. The Morgan fingerprint density at radius 3 is 1.73 bits per heavy atom. The lowest BCUT2D eigenvalue weighted by molar-refractivity contribution is 0.0794. The van der Waals surface area contributed by atoms with E-state index in [9.17, 15) is 9.59 Å². The average molecular weight is 354 g/mol. The summed E-state index contributed by atoms with van der Waals surface area (Å²) in [6, 6.07) is 10.7. The summed E-state index contributed by atoms with van der Waals surface area (Å²) < 4.78 is 10.5. The highest BCUT2D eigenvalue weighted by molar-refractivity contribution is 6.04. The topological polar surface area (TPSA) is 52.6 Å². The van der Waals surface area contributed by atoms with Gasteiger partial charge in [-0.05, 0) is 49.2 Å². The molecule has 138 valence electrons. The molecule has 0 saturated carbocycles. The monoisotopic (exact) mass is 354 g/mol. The molecule has 0 bridgehead atoms. The summed E-state index contributed by atoms with van der Waals surface area (Å²) in [7, 11) is 3.08. The number of carbonyl (C=O) groups is 2. The van der Waals surface area contributed by atoms with Crippen LogP contribution < -0.4 is 9.47 Å². The third kappa shape index (κ3) is 3.96. The standard InChI is InChI=1S/C22H26O4/c1-13-7-8-17(11-14(13)2)21(23)15(3)16(4)22(24)18-9-10-19(25-5)20(12-18)26-6/h7-12,15-16H,1-6H3. The number of ether oxygens (including phenoxy) is 2. The molecule has 26 heavy (non-hydrogen) atoms. The predicted octanol–water partition coefficient (Wildman–Crippen LogP) is 4.66. The van der Waals surface area contributed by atoms with Crippen molar-refractivity contribution in [2.75, 3.05) is 14.2 Å². The molecule has 0 saturated heterocycles. The number of hydrogen-bond donors (Lipinski definition) is 0. The van der Waals surface area contributed by atoms with E-state index in [0.29, 0.717) is 22.6 Å². The van der Waals surface area contributed by atoms with E-state index in [1.165, 1.54) is 7.11 Å². The van der Waals surface area contributed by atoms with Crippen LogP contribution in [0.25, 0.3) is 0 Å².